The summed E-state index contributed by atoms with van der Waals surface area (Å²) in [5.41, 5.74) is 0. The number of alkyl halides is 3. The van der Waals surface area contributed by atoms with Crippen LogP contribution >= 0.6 is 0 Å². The Kier molecular flexibility index (Phi) is 4.94. The van der Waals surface area contributed by atoms with Crippen LogP contribution in [0.1, 0.15) is 45.4 Å². The Hall–Kier alpha value is -0.780. The van der Waals surface area contributed by atoms with Gasteiger partial charge in [-0.25, -0.2) is 0 Å². The van der Waals surface area contributed by atoms with Gasteiger partial charge in [-0.1, -0.05) is 19.8 Å². The zero-order chi connectivity index (χ0) is 14.8. The molecule has 1 saturated heterocycles. The van der Waals surface area contributed by atoms with E-state index in [9.17, 15) is 18.0 Å². The first-order valence-corrected chi connectivity index (χ1v) is 7.50. The molecule has 4 atom stereocenters. The zero-order valence-corrected chi connectivity index (χ0v) is 11.8. The van der Waals surface area contributed by atoms with Gasteiger partial charge in [0, 0.05) is 6.04 Å². The largest absolute Gasteiger partial charge is 0.393 e. The molecule has 0 aromatic rings. The Morgan fingerprint density at radius 3 is 2.50 bits per heavy atom. The number of rotatable bonds is 2. The van der Waals surface area contributed by atoms with Crippen LogP contribution in [0.4, 0.5) is 13.2 Å². The maximum Gasteiger partial charge on any atom is 0.393 e. The number of carbonyl (C=O) groups is 1. The Morgan fingerprint density at radius 1 is 1.15 bits per heavy atom. The third kappa shape index (κ3) is 3.65. The average molecular weight is 292 g/mol. The molecule has 20 heavy (non-hydrogen) atoms. The van der Waals surface area contributed by atoms with Crippen LogP contribution < -0.4 is 10.6 Å². The van der Waals surface area contributed by atoms with Crippen molar-refractivity contribution >= 4 is 5.91 Å². The van der Waals surface area contributed by atoms with Crippen LogP contribution in [-0.2, 0) is 4.79 Å². The van der Waals surface area contributed by atoms with Gasteiger partial charge in [-0.2, -0.15) is 13.2 Å². The normalized spacial score (nSPS) is 35.6. The predicted molar refractivity (Wildman–Crippen MR) is 70.1 cm³/mol. The van der Waals surface area contributed by atoms with E-state index in [0.29, 0.717) is 12.8 Å². The van der Waals surface area contributed by atoms with Crippen LogP contribution in [0.25, 0.3) is 0 Å². The lowest BCUT2D eigenvalue weighted by molar-refractivity contribution is -0.189. The molecule has 3 nitrogen and oxygen atoms in total. The molecule has 1 heterocycles. The van der Waals surface area contributed by atoms with Crippen molar-refractivity contribution in [2.45, 2.75) is 63.7 Å². The second-order valence-electron chi connectivity index (χ2n) is 6.10. The monoisotopic (exact) mass is 292 g/mol. The second kappa shape index (κ2) is 6.33. The molecule has 2 rings (SSSR count). The second-order valence-corrected chi connectivity index (χ2v) is 6.10. The molecular weight excluding hydrogens is 269 g/mol. The number of amides is 1. The zero-order valence-electron chi connectivity index (χ0n) is 11.8. The number of hydrogen-bond acceptors (Lipinski definition) is 2. The van der Waals surface area contributed by atoms with Crippen molar-refractivity contribution in [3.05, 3.63) is 0 Å². The lowest BCUT2D eigenvalue weighted by atomic mass is 9.83. The molecule has 1 amide bonds. The molecule has 0 aromatic carbocycles. The van der Waals surface area contributed by atoms with Gasteiger partial charge in [-0.3, -0.25) is 4.79 Å². The summed E-state index contributed by atoms with van der Waals surface area (Å²) < 4.78 is 39.0. The summed E-state index contributed by atoms with van der Waals surface area (Å²) in [7, 11) is 0. The predicted octanol–water partition coefficient (Wildman–Crippen LogP) is 2.61. The highest BCUT2D eigenvalue weighted by molar-refractivity contribution is 5.82. The first-order chi connectivity index (χ1) is 9.39. The molecule has 116 valence electrons. The van der Waals surface area contributed by atoms with Gasteiger partial charge in [0.25, 0.3) is 0 Å². The summed E-state index contributed by atoms with van der Waals surface area (Å²) in [6.07, 6.45) is -0.360. The van der Waals surface area contributed by atoms with Crippen molar-refractivity contribution < 1.29 is 18.0 Å². The Morgan fingerprint density at radius 2 is 1.85 bits per heavy atom. The lowest BCUT2D eigenvalue weighted by Gasteiger charge is -2.36. The highest BCUT2D eigenvalue weighted by Crippen LogP contribution is 2.37. The molecule has 0 radical (unpaired) electrons. The van der Waals surface area contributed by atoms with E-state index in [4.69, 9.17) is 0 Å². The molecule has 2 fully saturated rings. The van der Waals surface area contributed by atoms with Crippen molar-refractivity contribution in [3.8, 4) is 0 Å². The fourth-order valence-electron chi connectivity index (χ4n) is 3.37. The first-order valence-electron chi connectivity index (χ1n) is 7.50. The van der Waals surface area contributed by atoms with Gasteiger partial charge in [0.1, 0.15) is 0 Å². The van der Waals surface area contributed by atoms with Gasteiger partial charge < -0.3 is 10.6 Å². The minimum absolute atomic E-state index is 0.127. The van der Waals surface area contributed by atoms with Crippen molar-refractivity contribution in [3.63, 3.8) is 0 Å². The third-order valence-corrected chi connectivity index (χ3v) is 4.57. The Labute approximate surface area is 117 Å². The summed E-state index contributed by atoms with van der Waals surface area (Å²) in [5, 5.41) is 5.77. The van der Waals surface area contributed by atoms with Gasteiger partial charge in [-0.05, 0) is 38.1 Å². The smallest absolute Gasteiger partial charge is 0.351 e. The van der Waals surface area contributed by atoms with E-state index in [-0.39, 0.29) is 24.3 Å². The molecule has 6 heteroatoms. The molecule has 0 bridgehead atoms. The van der Waals surface area contributed by atoms with Gasteiger partial charge in [0.05, 0.1) is 12.0 Å². The molecule has 2 N–H and O–H groups in total. The van der Waals surface area contributed by atoms with Crippen molar-refractivity contribution in [2.24, 2.45) is 11.8 Å². The number of nitrogens with one attached hydrogen (secondary N) is 2. The van der Waals surface area contributed by atoms with Gasteiger partial charge in [-0.15, -0.1) is 0 Å². The molecular formula is C14H23F3N2O. The van der Waals surface area contributed by atoms with Crippen LogP contribution in [0.3, 0.4) is 0 Å². The van der Waals surface area contributed by atoms with Crippen LogP contribution in [-0.4, -0.2) is 30.7 Å². The minimum Gasteiger partial charge on any atom is -0.351 e. The van der Waals surface area contributed by atoms with Crippen molar-refractivity contribution in [2.75, 3.05) is 6.54 Å². The van der Waals surface area contributed by atoms with E-state index in [1.165, 1.54) is 0 Å². The molecule has 1 aliphatic heterocycles. The summed E-state index contributed by atoms with van der Waals surface area (Å²) >= 11 is 0. The fraction of sp³-hybridized carbons (Fsp3) is 0.929. The van der Waals surface area contributed by atoms with Crippen LogP contribution in [0.2, 0.25) is 0 Å². The molecule has 0 spiro atoms. The first kappa shape index (κ1) is 15.6. The van der Waals surface area contributed by atoms with Gasteiger partial charge >= 0.3 is 6.18 Å². The highest BCUT2D eigenvalue weighted by Gasteiger charge is 2.46. The third-order valence-electron chi connectivity index (χ3n) is 4.57. The Balaban J connectivity index is 1.97. The fourth-order valence-corrected chi connectivity index (χ4v) is 3.37. The van der Waals surface area contributed by atoms with Gasteiger partial charge in [0.2, 0.25) is 5.91 Å². The van der Waals surface area contributed by atoms with E-state index in [2.05, 4.69) is 10.6 Å². The van der Waals surface area contributed by atoms with Crippen LogP contribution in [0, 0.1) is 11.8 Å². The van der Waals surface area contributed by atoms with Crippen LogP contribution in [0.5, 0.6) is 0 Å². The number of hydrogen-bond donors (Lipinski definition) is 2. The quantitative estimate of drug-likeness (QED) is 0.821. The van der Waals surface area contributed by atoms with Crippen LogP contribution in [0.15, 0.2) is 0 Å². The van der Waals surface area contributed by atoms with E-state index in [1.807, 2.05) is 6.92 Å². The van der Waals surface area contributed by atoms with Crippen molar-refractivity contribution in [1.29, 1.82) is 0 Å². The molecule has 1 saturated carbocycles. The summed E-state index contributed by atoms with van der Waals surface area (Å²) in [6.45, 7) is 2.73. The molecule has 1 aliphatic carbocycles. The van der Waals surface area contributed by atoms with E-state index in [0.717, 1.165) is 25.8 Å². The summed E-state index contributed by atoms with van der Waals surface area (Å²) in [6, 6.07) is -1.10. The maximum absolute atomic E-state index is 13.0. The topological polar surface area (TPSA) is 41.1 Å². The lowest BCUT2D eigenvalue weighted by Crippen LogP contribution is -2.56. The highest BCUT2D eigenvalue weighted by atomic mass is 19.4. The average Bonchev–Trinajstić information content (AvgIpc) is 2.38. The van der Waals surface area contributed by atoms with Crippen molar-refractivity contribution in [1.82, 2.24) is 10.6 Å². The SMILES string of the molecule is CC1CCCNC1C(=O)NC1CCCCC1C(F)(F)F. The summed E-state index contributed by atoms with van der Waals surface area (Å²) in [4.78, 5) is 12.2. The standard InChI is InChI=1S/C14H23F3N2O/c1-9-5-4-8-18-12(9)13(20)19-11-7-3-2-6-10(11)14(15,16)17/h9-12,18H,2-8H2,1H3,(H,19,20). The summed E-state index contributed by atoms with van der Waals surface area (Å²) in [5.74, 6) is -1.48. The number of halogens is 3. The molecule has 4 unspecified atom stereocenters. The maximum atomic E-state index is 13.0. The Bertz CT molecular complexity index is 346. The number of piperidine rings is 1. The molecule has 0 aromatic heterocycles. The minimum atomic E-state index is -4.22. The van der Waals surface area contributed by atoms with Gasteiger partial charge in [0.15, 0.2) is 0 Å². The van der Waals surface area contributed by atoms with E-state index in [1.54, 1.807) is 0 Å². The van der Waals surface area contributed by atoms with E-state index >= 15 is 0 Å². The number of carbonyl (C=O) groups excluding carboxylic acids is 1. The molecule has 2 aliphatic rings. The van der Waals surface area contributed by atoms with E-state index < -0.39 is 18.1 Å².